The molecule has 1 saturated carbocycles. The van der Waals surface area contributed by atoms with Gasteiger partial charge in [0.15, 0.2) is 5.78 Å². The number of carbonyl (C=O) groups is 4. The van der Waals surface area contributed by atoms with Crippen LogP contribution in [0, 0.1) is 12.3 Å². The number of likely N-dealkylation sites (tertiary alicyclic amines) is 1. The normalized spacial score (nSPS) is 16.9. The van der Waals surface area contributed by atoms with Crippen molar-refractivity contribution in [1.82, 2.24) is 25.4 Å². The Kier molecular flexibility index (Phi) is 17.9. The number of aliphatic hydroxyl groups excluding tert-OH is 1. The number of amides is 3. The van der Waals surface area contributed by atoms with Crippen molar-refractivity contribution < 1.29 is 39.2 Å². The van der Waals surface area contributed by atoms with Crippen LogP contribution in [0.5, 0.6) is 17.2 Å². The maximum Gasteiger partial charge on any atom is 0.246 e. The number of carbonyl (C=O) groups excluding carboxylic acids is 4. The molecule has 2 aromatic heterocycles. The molecular weight excluding hydrogens is 971 g/mol. The van der Waals surface area contributed by atoms with E-state index in [1.807, 2.05) is 76.5 Å². The summed E-state index contributed by atoms with van der Waals surface area (Å²) < 4.78 is 7.06. The Balaban J connectivity index is 0.770. The fourth-order valence-corrected chi connectivity index (χ4v) is 12.4. The van der Waals surface area contributed by atoms with Crippen molar-refractivity contribution in [3.8, 4) is 38.1 Å². The smallest absolute Gasteiger partial charge is 0.246 e. The lowest BCUT2D eigenvalue weighted by molar-refractivity contribution is -0.144. The number of nitrogens with zero attached hydrogens (tertiary/aromatic N) is 3. The van der Waals surface area contributed by atoms with E-state index in [1.54, 1.807) is 65.9 Å². The van der Waals surface area contributed by atoms with Gasteiger partial charge < -0.3 is 35.6 Å². The number of phenolic OH excluding ortho intramolecular Hbond substituents is 2. The van der Waals surface area contributed by atoms with Crippen LogP contribution < -0.4 is 15.4 Å². The molecule has 5 N–H and O–H groups in total. The molecule has 3 amide bonds. The number of phenols is 2. The van der Waals surface area contributed by atoms with Gasteiger partial charge in [-0.15, -0.1) is 22.7 Å². The molecule has 3 heterocycles. The Bertz CT molecular complexity index is 2870. The van der Waals surface area contributed by atoms with E-state index in [2.05, 4.69) is 20.5 Å². The summed E-state index contributed by atoms with van der Waals surface area (Å²) in [6.45, 7) is 11.9. The second-order valence-corrected chi connectivity index (χ2v) is 23.0. The molecule has 2 aliphatic rings. The average Bonchev–Trinajstić information content (AvgIpc) is 4.22. The number of nitrogens with one attached hydrogen (secondary N) is 2. The highest BCUT2D eigenvalue weighted by atomic mass is 32.1. The van der Waals surface area contributed by atoms with Crippen LogP contribution in [0.1, 0.15) is 132 Å². The van der Waals surface area contributed by atoms with Crippen molar-refractivity contribution in [1.29, 1.82) is 0 Å². The van der Waals surface area contributed by atoms with Gasteiger partial charge in [-0.05, 0) is 135 Å². The van der Waals surface area contributed by atoms with E-state index >= 15 is 0 Å². The molecule has 13 nitrogen and oxygen atoms in total. The largest absolute Gasteiger partial charge is 0.508 e. The Morgan fingerprint density at radius 1 is 0.824 bits per heavy atom. The Morgan fingerprint density at radius 3 is 2.18 bits per heavy atom. The number of thiophene rings is 1. The van der Waals surface area contributed by atoms with Crippen molar-refractivity contribution in [2.75, 3.05) is 26.2 Å². The van der Waals surface area contributed by atoms with Gasteiger partial charge in [-0.2, -0.15) is 0 Å². The summed E-state index contributed by atoms with van der Waals surface area (Å²) in [5, 5.41) is 37.6. The molecule has 1 aliphatic heterocycles. The van der Waals surface area contributed by atoms with E-state index in [4.69, 9.17) is 4.74 Å². The molecular formula is C59H71N5O8S2. The van der Waals surface area contributed by atoms with Gasteiger partial charge in [-0.1, -0.05) is 77.1 Å². The number of β-amino-alcohol motifs (C(OH)–C–C–N with tert-alkyl or cyclic N) is 1. The van der Waals surface area contributed by atoms with Crippen LogP contribution in [0.15, 0.2) is 96.5 Å². The average molecular weight is 1040 g/mol. The number of unbranched alkanes of at least 4 members (excludes halogenated alkanes) is 4. The molecule has 15 heteroatoms. The lowest BCUT2D eigenvalue weighted by atomic mass is 9.85. The first-order valence-corrected chi connectivity index (χ1v) is 27.9. The van der Waals surface area contributed by atoms with Crippen LogP contribution >= 0.6 is 22.7 Å². The van der Waals surface area contributed by atoms with Gasteiger partial charge in [0.05, 0.1) is 28.2 Å². The van der Waals surface area contributed by atoms with Gasteiger partial charge in [0.25, 0.3) is 0 Å². The molecule has 74 heavy (non-hydrogen) atoms. The van der Waals surface area contributed by atoms with E-state index in [9.17, 15) is 34.5 Å². The molecule has 0 bridgehead atoms. The first-order valence-electron chi connectivity index (χ1n) is 26.2. The number of aromatic nitrogens is 1. The Hall–Kier alpha value is -6.13. The summed E-state index contributed by atoms with van der Waals surface area (Å²) in [5.74, 6) is -0.0528. The number of thiazole rings is 1. The number of fused-ring (bicyclic) bond motifs is 1. The van der Waals surface area contributed by atoms with Gasteiger partial charge in [0.1, 0.15) is 35.9 Å². The first-order chi connectivity index (χ1) is 35.5. The van der Waals surface area contributed by atoms with Crippen molar-refractivity contribution in [3.63, 3.8) is 0 Å². The fourth-order valence-electron chi connectivity index (χ4n) is 10.4. The van der Waals surface area contributed by atoms with Crippen LogP contribution in [0.2, 0.25) is 0 Å². The van der Waals surface area contributed by atoms with Gasteiger partial charge in [-0.3, -0.25) is 24.1 Å². The van der Waals surface area contributed by atoms with Gasteiger partial charge >= 0.3 is 0 Å². The number of aryl methyl sites for hydroxylation is 1. The van der Waals surface area contributed by atoms with Gasteiger partial charge in [0.2, 0.25) is 17.7 Å². The maximum absolute atomic E-state index is 14.2. The van der Waals surface area contributed by atoms with Crippen LogP contribution in [0.3, 0.4) is 0 Å². The van der Waals surface area contributed by atoms with Crippen LogP contribution in [-0.2, 0) is 14.4 Å². The summed E-state index contributed by atoms with van der Waals surface area (Å²) in [7, 11) is 0. The molecule has 392 valence electrons. The SMILES string of the molecule is Cc1ncsc1-c1ccc(C(C)NC(=O)C2CC(O)CN2C(=O)C(NC(=O)CCCCCCCN(CCOc2ccc(C(=O)c3c(-c4ccc(O)cc4)sc4cc(O)ccc34)cc2)C2CCCC2)C(C)(C)C)cc1. The third kappa shape index (κ3) is 13.4. The van der Waals surface area contributed by atoms with Crippen molar-refractivity contribution in [2.24, 2.45) is 5.41 Å². The highest BCUT2D eigenvalue weighted by Gasteiger charge is 2.44. The topological polar surface area (TPSA) is 182 Å². The number of rotatable bonds is 22. The van der Waals surface area contributed by atoms with Crippen molar-refractivity contribution in [2.45, 2.75) is 136 Å². The summed E-state index contributed by atoms with van der Waals surface area (Å²) in [5.41, 5.74) is 6.05. The number of aromatic hydroxyl groups is 2. The minimum absolute atomic E-state index is 0.0219. The highest BCUT2D eigenvalue weighted by molar-refractivity contribution is 7.22. The molecule has 6 aromatic rings. The fraction of sp³-hybridized carbons (Fsp3) is 0.441. The zero-order valence-corrected chi connectivity index (χ0v) is 44.9. The Labute approximate surface area is 443 Å². The molecule has 8 rings (SSSR count). The van der Waals surface area contributed by atoms with Crippen LogP contribution in [-0.4, -0.2) is 104 Å². The molecule has 4 atom stereocenters. The monoisotopic (exact) mass is 1040 g/mol. The standard InChI is InChI=1S/C59H71N5O8S2/c1-37(39-16-18-41(19-17-39)54-38(2)60-36-73-54)61-57(70)49-33-46(67)35-64(49)58(71)56(59(3,4)5)62-51(68)15-9-7-6-8-12-30-63(43-13-10-11-14-43)31-32-72-47-27-22-40(23-28-47)53(69)52-48-29-26-45(66)34-50(48)74-55(52)42-20-24-44(65)25-21-42/h16-29,34,36-37,43,46,49,56,65-67H,6-15,30-33,35H2,1-5H3,(H,61,70)(H,62,68). The number of ketones is 1. The number of benzene rings is 4. The minimum Gasteiger partial charge on any atom is -0.508 e. The molecule has 1 saturated heterocycles. The lowest BCUT2D eigenvalue weighted by Crippen LogP contribution is -2.57. The van der Waals surface area contributed by atoms with Gasteiger partial charge in [0, 0.05) is 58.1 Å². The number of ether oxygens (including phenoxy) is 1. The summed E-state index contributed by atoms with van der Waals surface area (Å²) in [6.07, 6.45) is 9.06. The maximum atomic E-state index is 14.2. The zero-order valence-electron chi connectivity index (χ0n) is 43.3. The second-order valence-electron chi connectivity index (χ2n) is 21.1. The van der Waals surface area contributed by atoms with E-state index in [0.29, 0.717) is 42.4 Å². The molecule has 4 unspecified atom stereocenters. The molecule has 4 aromatic carbocycles. The molecule has 0 spiro atoms. The van der Waals surface area contributed by atoms with Crippen molar-refractivity contribution >= 4 is 56.3 Å². The summed E-state index contributed by atoms with van der Waals surface area (Å²) >= 11 is 3.02. The quantitative estimate of drug-likeness (QED) is 0.0324. The zero-order chi connectivity index (χ0) is 52.5. The Morgan fingerprint density at radius 2 is 1.49 bits per heavy atom. The second kappa shape index (κ2) is 24.5. The lowest BCUT2D eigenvalue weighted by Gasteiger charge is -2.35. The highest BCUT2D eigenvalue weighted by Crippen LogP contribution is 2.42. The predicted octanol–water partition coefficient (Wildman–Crippen LogP) is 11.0. The molecule has 2 fully saturated rings. The summed E-state index contributed by atoms with van der Waals surface area (Å²) in [4.78, 5) is 65.7. The van der Waals surface area contributed by atoms with E-state index in [0.717, 1.165) is 81.0 Å². The number of aliphatic hydroxyl groups is 1. The first kappa shape index (κ1) is 54.1. The number of hydrogen-bond donors (Lipinski definition) is 5. The van der Waals surface area contributed by atoms with Crippen LogP contribution in [0.25, 0.3) is 31.0 Å². The third-order valence-corrected chi connectivity index (χ3v) is 16.7. The summed E-state index contributed by atoms with van der Waals surface area (Å²) in [6, 6.07) is 25.6. The molecule has 1 aliphatic carbocycles. The third-order valence-electron chi connectivity index (χ3n) is 14.5. The van der Waals surface area contributed by atoms with Gasteiger partial charge in [-0.25, -0.2) is 4.98 Å². The van der Waals surface area contributed by atoms with E-state index in [-0.39, 0.29) is 54.0 Å². The van der Waals surface area contributed by atoms with Crippen molar-refractivity contribution in [3.05, 3.63) is 119 Å². The van der Waals surface area contributed by atoms with E-state index < -0.39 is 23.6 Å². The van der Waals surface area contributed by atoms with Crippen LogP contribution in [0.4, 0.5) is 0 Å². The van der Waals surface area contributed by atoms with E-state index in [1.165, 1.54) is 41.9 Å². The minimum atomic E-state index is -0.869. The number of hydrogen-bond acceptors (Lipinski definition) is 12. The molecule has 0 radical (unpaired) electrons. The predicted molar refractivity (Wildman–Crippen MR) is 294 cm³/mol.